The van der Waals surface area contributed by atoms with Gasteiger partial charge in [-0.1, -0.05) is 18.2 Å². The average molecular weight is 249 g/mol. The highest BCUT2D eigenvalue weighted by molar-refractivity contribution is 7.85. The number of hydrogen-bond donors (Lipinski definition) is 0. The minimum Gasteiger partial charge on any atom is -0.744 e. The van der Waals surface area contributed by atoms with Gasteiger partial charge in [0.1, 0.15) is 10.1 Å². The van der Waals surface area contributed by atoms with Crippen molar-refractivity contribution in [3.05, 3.63) is 60.4 Å². The highest BCUT2D eigenvalue weighted by Crippen LogP contribution is 2.10. The van der Waals surface area contributed by atoms with Gasteiger partial charge >= 0.3 is 0 Å². The van der Waals surface area contributed by atoms with Gasteiger partial charge in [-0.05, 0) is 12.1 Å². The Hall–Kier alpha value is -1.72. The number of hydrogen-bond acceptors (Lipinski definition) is 3. The quantitative estimate of drug-likeness (QED) is 0.600. The fourth-order valence-corrected chi connectivity index (χ4v) is 2.09. The molecule has 0 radical (unpaired) electrons. The maximum Gasteiger partial charge on any atom is 0.173 e. The third-order valence-corrected chi connectivity index (χ3v) is 3.16. The van der Waals surface area contributed by atoms with E-state index in [1.54, 1.807) is 12.1 Å². The highest BCUT2D eigenvalue weighted by atomic mass is 32.2. The molecule has 0 saturated heterocycles. The first-order valence-electron chi connectivity index (χ1n) is 5.05. The fourth-order valence-electron chi connectivity index (χ4n) is 1.55. The van der Waals surface area contributed by atoms with Crippen LogP contribution in [0.2, 0.25) is 0 Å². The van der Waals surface area contributed by atoms with Gasteiger partial charge in [0.15, 0.2) is 18.9 Å². The standard InChI is InChI=1S/C12H11NO3S/c14-17(15,16)12-6-4-5-11(9-12)10-13-7-2-1-3-8-13/h1-9H,10H2. The maximum absolute atomic E-state index is 10.9. The number of rotatable bonds is 3. The van der Waals surface area contributed by atoms with Gasteiger partial charge in [-0.3, -0.25) is 0 Å². The van der Waals surface area contributed by atoms with Gasteiger partial charge in [0.05, 0.1) is 4.90 Å². The summed E-state index contributed by atoms with van der Waals surface area (Å²) < 4.78 is 34.5. The minimum atomic E-state index is -4.38. The number of benzene rings is 1. The van der Waals surface area contributed by atoms with E-state index in [9.17, 15) is 13.0 Å². The molecule has 0 fully saturated rings. The highest BCUT2D eigenvalue weighted by Gasteiger charge is 2.05. The van der Waals surface area contributed by atoms with Crippen molar-refractivity contribution < 1.29 is 17.5 Å². The Bertz CT molecular complexity index is 609. The molecule has 2 rings (SSSR count). The Morgan fingerprint density at radius 3 is 2.41 bits per heavy atom. The van der Waals surface area contributed by atoms with Gasteiger partial charge in [-0.25, -0.2) is 13.0 Å². The average Bonchev–Trinajstić information content (AvgIpc) is 2.29. The van der Waals surface area contributed by atoms with E-state index in [1.165, 1.54) is 12.1 Å². The fraction of sp³-hybridized carbons (Fsp3) is 0.0833. The van der Waals surface area contributed by atoms with E-state index < -0.39 is 10.1 Å². The van der Waals surface area contributed by atoms with Crippen molar-refractivity contribution in [2.24, 2.45) is 0 Å². The lowest BCUT2D eigenvalue weighted by Gasteiger charge is -2.07. The monoisotopic (exact) mass is 249 g/mol. The molecule has 88 valence electrons. The minimum absolute atomic E-state index is 0.188. The van der Waals surface area contributed by atoms with E-state index in [4.69, 9.17) is 0 Å². The lowest BCUT2D eigenvalue weighted by atomic mass is 10.2. The van der Waals surface area contributed by atoms with E-state index in [0.717, 1.165) is 5.56 Å². The topological polar surface area (TPSA) is 61.1 Å². The number of nitrogens with zero attached hydrogens (tertiary/aromatic N) is 1. The normalized spacial score (nSPS) is 11.4. The summed E-state index contributed by atoms with van der Waals surface area (Å²) in [7, 11) is -4.38. The van der Waals surface area contributed by atoms with E-state index in [0.29, 0.717) is 6.54 Å². The molecule has 1 aromatic heterocycles. The molecular formula is C12H11NO3S. The van der Waals surface area contributed by atoms with Crippen molar-refractivity contribution in [2.45, 2.75) is 11.4 Å². The Kier molecular flexibility index (Phi) is 3.21. The van der Waals surface area contributed by atoms with Gasteiger partial charge in [-0.2, -0.15) is 0 Å². The van der Waals surface area contributed by atoms with Crippen molar-refractivity contribution in [3.8, 4) is 0 Å². The van der Waals surface area contributed by atoms with Crippen LogP contribution < -0.4 is 4.57 Å². The zero-order valence-electron chi connectivity index (χ0n) is 8.98. The molecule has 1 aromatic carbocycles. The van der Waals surface area contributed by atoms with E-state index in [-0.39, 0.29) is 4.90 Å². The Morgan fingerprint density at radius 1 is 1.06 bits per heavy atom. The van der Waals surface area contributed by atoms with Gasteiger partial charge < -0.3 is 4.55 Å². The summed E-state index contributed by atoms with van der Waals surface area (Å²) in [6.45, 7) is 0.532. The number of pyridine rings is 1. The van der Waals surface area contributed by atoms with Crippen LogP contribution in [-0.2, 0) is 16.7 Å². The summed E-state index contributed by atoms with van der Waals surface area (Å²) in [6, 6.07) is 11.7. The maximum atomic E-state index is 10.9. The molecule has 5 heteroatoms. The van der Waals surface area contributed by atoms with Crippen LogP contribution >= 0.6 is 0 Å². The van der Waals surface area contributed by atoms with Crippen molar-refractivity contribution >= 4 is 10.1 Å². The molecule has 4 nitrogen and oxygen atoms in total. The smallest absolute Gasteiger partial charge is 0.173 e. The molecule has 0 aliphatic heterocycles. The molecule has 0 bridgehead atoms. The summed E-state index contributed by atoms with van der Waals surface area (Å²) in [6.07, 6.45) is 3.75. The predicted octanol–water partition coefficient (Wildman–Crippen LogP) is 0.927. The zero-order chi connectivity index (χ0) is 12.3. The van der Waals surface area contributed by atoms with Gasteiger partial charge in [0.25, 0.3) is 0 Å². The van der Waals surface area contributed by atoms with E-state index in [2.05, 4.69) is 0 Å². The van der Waals surface area contributed by atoms with Gasteiger partial charge in [0.2, 0.25) is 0 Å². The van der Waals surface area contributed by atoms with Crippen LogP contribution in [0.1, 0.15) is 5.56 Å². The second kappa shape index (κ2) is 4.65. The summed E-state index contributed by atoms with van der Waals surface area (Å²) in [5.74, 6) is 0. The van der Waals surface area contributed by atoms with Crippen molar-refractivity contribution in [3.63, 3.8) is 0 Å². The Labute approximate surface area is 99.9 Å². The molecule has 0 aliphatic carbocycles. The van der Waals surface area contributed by atoms with Crippen LogP contribution in [-0.4, -0.2) is 13.0 Å². The van der Waals surface area contributed by atoms with Crippen LogP contribution in [0, 0.1) is 0 Å². The van der Waals surface area contributed by atoms with Crippen LogP contribution in [0.15, 0.2) is 59.8 Å². The first-order valence-corrected chi connectivity index (χ1v) is 6.45. The summed E-state index contributed by atoms with van der Waals surface area (Å²) in [5.41, 5.74) is 0.776. The van der Waals surface area contributed by atoms with Crippen molar-refractivity contribution in [2.75, 3.05) is 0 Å². The van der Waals surface area contributed by atoms with E-state index >= 15 is 0 Å². The first kappa shape index (κ1) is 11.8. The Morgan fingerprint density at radius 2 is 1.76 bits per heavy atom. The predicted molar refractivity (Wildman–Crippen MR) is 60.1 cm³/mol. The van der Waals surface area contributed by atoms with Gasteiger partial charge in [-0.15, -0.1) is 0 Å². The SMILES string of the molecule is O=S(=O)([O-])c1cccc(C[n+]2ccccc2)c1. The molecule has 0 atom stereocenters. The lowest BCUT2D eigenvalue weighted by Crippen LogP contribution is -2.32. The second-order valence-corrected chi connectivity index (χ2v) is 5.03. The van der Waals surface area contributed by atoms with Crippen molar-refractivity contribution in [1.82, 2.24) is 0 Å². The van der Waals surface area contributed by atoms with Gasteiger partial charge in [0, 0.05) is 17.7 Å². The summed E-state index contributed by atoms with van der Waals surface area (Å²) >= 11 is 0. The molecular weight excluding hydrogens is 238 g/mol. The molecule has 0 spiro atoms. The third kappa shape index (κ3) is 3.12. The molecule has 0 amide bonds. The van der Waals surface area contributed by atoms with E-state index in [1.807, 2.05) is 35.2 Å². The summed E-state index contributed by atoms with van der Waals surface area (Å²) in [4.78, 5) is -0.188. The largest absolute Gasteiger partial charge is 0.744 e. The van der Waals surface area contributed by atoms with Crippen LogP contribution in [0.5, 0.6) is 0 Å². The Balaban J connectivity index is 2.29. The molecule has 0 saturated carbocycles. The lowest BCUT2D eigenvalue weighted by molar-refractivity contribution is -0.688. The second-order valence-electron chi connectivity index (χ2n) is 3.65. The molecule has 1 heterocycles. The van der Waals surface area contributed by atoms with Crippen LogP contribution in [0.3, 0.4) is 0 Å². The molecule has 2 aromatic rings. The first-order chi connectivity index (χ1) is 8.05. The molecule has 0 unspecified atom stereocenters. The molecule has 0 aliphatic rings. The van der Waals surface area contributed by atoms with Crippen molar-refractivity contribution in [1.29, 1.82) is 0 Å². The zero-order valence-corrected chi connectivity index (χ0v) is 9.80. The number of aromatic nitrogens is 1. The molecule has 17 heavy (non-hydrogen) atoms. The third-order valence-electron chi connectivity index (χ3n) is 2.33. The van der Waals surface area contributed by atoms with Crippen LogP contribution in [0.25, 0.3) is 0 Å². The molecule has 0 N–H and O–H groups in total. The summed E-state index contributed by atoms with van der Waals surface area (Å²) in [5, 5.41) is 0. The van der Waals surface area contributed by atoms with Crippen LogP contribution in [0.4, 0.5) is 0 Å².